The van der Waals surface area contributed by atoms with E-state index >= 15 is 0 Å². The summed E-state index contributed by atoms with van der Waals surface area (Å²) < 4.78 is 44.1. The lowest BCUT2D eigenvalue weighted by Gasteiger charge is -2.29. The molecular formula is C14H19F3N2O2. The summed E-state index contributed by atoms with van der Waals surface area (Å²) in [5.41, 5.74) is 5.03. The highest BCUT2D eigenvalue weighted by atomic mass is 19.4. The molecule has 21 heavy (non-hydrogen) atoms. The molecule has 0 bridgehead atoms. The van der Waals surface area contributed by atoms with E-state index in [1.54, 1.807) is 44.3 Å². The molecule has 1 rings (SSSR count). The van der Waals surface area contributed by atoms with Gasteiger partial charge in [0.2, 0.25) is 0 Å². The number of rotatable bonds is 3. The van der Waals surface area contributed by atoms with Crippen molar-refractivity contribution in [1.82, 2.24) is 5.32 Å². The molecule has 1 aromatic carbocycles. The van der Waals surface area contributed by atoms with Gasteiger partial charge in [0.15, 0.2) is 0 Å². The van der Waals surface area contributed by atoms with Crippen LogP contribution in [-0.2, 0) is 4.74 Å². The third-order valence-electron chi connectivity index (χ3n) is 2.57. The number of amides is 1. The summed E-state index contributed by atoms with van der Waals surface area (Å²) in [4.78, 5) is 11.6. The molecule has 7 heteroatoms. The van der Waals surface area contributed by atoms with Crippen molar-refractivity contribution in [3.8, 4) is 0 Å². The van der Waals surface area contributed by atoms with Crippen LogP contribution >= 0.6 is 0 Å². The molecule has 0 aliphatic heterocycles. The van der Waals surface area contributed by atoms with Gasteiger partial charge in [-0.2, -0.15) is 13.2 Å². The van der Waals surface area contributed by atoms with E-state index in [0.717, 1.165) is 0 Å². The zero-order chi connectivity index (χ0) is 16.3. The Bertz CT molecular complexity index is 469. The van der Waals surface area contributed by atoms with Crippen molar-refractivity contribution >= 4 is 6.09 Å². The Morgan fingerprint density at radius 2 is 1.71 bits per heavy atom. The second-order valence-corrected chi connectivity index (χ2v) is 5.60. The highest BCUT2D eigenvalue weighted by Crippen LogP contribution is 2.29. The van der Waals surface area contributed by atoms with Gasteiger partial charge in [-0.25, -0.2) is 4.79 Å². The second kappa shape index (κ2) is 6.34. The van der Waals surface area contributed by atoms with Gasteiger partial charge in [0.25, 0.3) is 0 Å². The van der Waals surface area contributed by atoms with Crippen LogP contribution in [0.2, 0.25) is 0 Å². The second-order valence-electron chi connectivity index (χ2n) is 5.60. The SMILES string of the molecule is CC(C)(C)OC(=O)N[C@@H]([C@@H](N)c1ccccc1)C(F)(F)F. The van der Waals surface area contributed by atoms with E-state index in [-0.39, 0.29) is 5.56 Å². The fourth-order valence-electron chi connectivity index (χ4n) is 1.68. The molecule has 0 fully saturated rings. The summed E-state index contributed by atoms with van der Waals surface area (Å²) in [5.74, 6) is 0. The van der Waals surface area contributed by atoms with Crippen LogP contribution < -0.4 is 11.1 Å². The maximum Gasteiger partial charge on any atom is 0.410 e. The number of ether oxygens (including phenoxy) is 1. The molecule has 118 valence electrons. The first-order chi connectivity index (χ1) is 9.50. The van der Waals surface area contributed by atoms with Gasteiger partial charge in [-0.15, -0.1) is 0 Å². The largest absolute Gasteiger partial charge is 0.444 e. The van der Waals surface area contributed by atoms with Gasteiger partial charge < -0.3 is 15.8 Å². The third kappa shape index (κ3) is 5.63. The van der Waals surface area contributed by atoms with E-state index in [0.29, 0.717) is 0 Å². The van der Waals surface area contributed by atoms with Crippen LogP contribution in [0.25, 0.3) is 0 Å². The van der Waals surface area contributed by atoms with E-state index in [9.17, 15) is 18.0 Å². The number of carbonyl (C=O) groups is 1. The van der Waals surface area contributed by atoms with Crippen molar-refractivity contribution in [2.45, 2.75) is 44.6 Å². The molecule has 0 radical (unpaired) electrons. The van der Waals surface area contributed by atoms with Crippen molar-refractivity contribution in [3.05, 3.63) is 35.9 Å². The number of alkyl carbamates (subject to hydrolysis) is 1. The number of nitrogens with one attached hydrogen (secondary N) is 1. The Morgan fingerprint density at radius 3 is 2.14 bits per heavy atom. The minimum Gasteiger partial charge on any atom is -0.444 e. The van der Waals surface area contributed by atoms with Crippen LogP contribution in [0, 0.1) is 0 Å². The maximum absolute atomic E-state index is 13.1. The molecule has 1 aromatic rings. The average molecular weight is 304 g/mol. The predicted molar refractivity (Wildman–Crippen MR) is 72.6 cm³/mol. The van der Waals surface area contributed by atoms with Gasteiger partial charge in [-0.05, 0) is 26.3 Å². The molecule has 1 amide bonds. The van der Waals surface area contributed by atoms with E-state index in [2.05, 4.69) is 0 Å². The smallest absolute Gasteiger partial charge is 0.410 e. The molecule has 0 saturated carbocycles. The number of halogens is 3. The molecule has 0 spiro atoms. The fraction of sp³-hybridized carbons (Fsp3) is 0.500. The summed E-state index contributed by atoms with van der Waals surface area (Å²) in [6.45, 7) is 4.69. The van der Waals surface area contributed by atoms with Gasteiger partial charge >= 0.3 is 12.3 Å². The van der Waals surface area contributed by atoms with Crippen molar-refractivity contribution in [3.63, 3.8) is 0 Å². The number of nitrogens with two attached hydrogens (primary N) is 1. The zero-order valence-corrected chi connectivity index (χ0v) is 12.1. The first-order valence-corrected chi connectivity index (χ1v) is 6.37. The number of alkyl halides is 3. The molecule has 2 atom stereocenters. The third-order valence-corrected chi connectivity index (χ3v) is 2.57. The monoisotopic (exact) mass is 304 g/mol. The van der Waals surface area contributed by atoms with E-state index < -0.39 is 30.0 Å². The van der Waals surface area contributed by atoms with Crippen molar-refractivity contribution in [2.24, 2.45) is 5.73 Å². The highest BCUT2D eigenvalue weighted by Gasteiger charge is 2.45. The van der Waals surface area contributed by atoms with Gasteiger partial charge in [-0.1, -0.05) is 30.3 Å². The Hall–Kier alpha value is -1.76. The van der Waals surface area contributed by atoms with E-state index in [1.807, 2.05) is 0 Å². The maximum atomic E-state index is 13.1. The van der Waals surface area contributed by atoms with Crippen molar-refractivity contribution < 1.29 is 22.7 Å². The first-order valence-electron chi connectivity index (χ1n) is 6.37. The van der Waals surface area contributed by atoms with Crippen LogP contribution in [0.3, 0.4) is 0 Å². The Morgan fingerprint density at radius 1 is 1.19 bits per heavy atom. The fourth-order valence-corrected chi connectivity index (χ4v) is 1.68. The Kier molecular flexibility index (Phi) is 5.22. The number of carbonyl (C=O) groups excluding carboxylic acids is 1. The van der Waals surface area contributed by atoms with Crippen LogP contribution in [0.5, 0.6) is 0 Å². The Balaban J connectivity index is 2.90. The summed E-state index contributed by atoms with van der Waals surface area (Å²) in [7, 11) is 0. The van der Waals surface area contributed by atoms with Crippen LogP contribution in [0.15, 0.2) is 30.3 Å². The molecule has 0 saturated heterocycles. The quantitative estimate of drug-likeness (QED) is 0.901. The van der Waals surface area contributed by atoms with Gasteiger partial charge in [0, 0.05) is 0 Å². The van der Waals surface area contributed by atoms with Crippen molar-refractivity contribution in [2.75, 3.05) is 0 Å². The highest BCUT2D eigenvalue weighted by molar-refractivity contribution is 5.68. The summed E-state index contributed by atoms with van der Waals surface area (Å²) in [5, 5.41) is 1.80. The van der Waals surface area contributed by atoms with Gasteiger partial charge in [0.05, 0.1) is 6.04 Å². The van der Waals surface area contributed by atoms with E-state index in [1.165, 1.54) is 12.1 Å². The van der Waals surface area contributed by atoms with Gasteiger partial charge in [0.1, 0.15) is 11.6 Å². The average Bonchev–Trinajstić information content (AvgIpc) is 2.33. The summed E-state index contributed by atoms with van der Waals surface area (Å²) in [6, 6.07) is 4.13. The molecule has 0 aliphatic carbocycles. The topological polar surface area (TPSA) is 64.3 Å². The standard InChI is InChI=1S/C14H19F3N2O2/c1-13(2,3)21-12(20)19-11(14(15,16)17)10(18)9-7-5-4-6-8-9/h4-8,10-11H,18H2,1-3H3,(H,19,20)/t10-,11-/m0/s1. The molecule has 0 unspecified atom stereocenters. The normalized spacial score (nSPS) is 15.2. The summed E-state index contributed by atoms with van der Waals surface area (Å²) in [6.07, 6.45) is -5.84. The molecule has 0 heterocycles. The van der Waals surface area contributed by atoms with Crippen LogP contribution in [0.4, 0.5) is 18.0 Å². The van der Waals surface area contributed by atoms with Crippen molar-refractivity contribution in [1.29, 1.82) is 0 Å². The lowest BCUT2D eigenvalue weighted by molar-refractivity contribution is -0.160. The van der Waals surface area contributed by atoms with Gasteiger partial charge in [-0.3, -0.25) is 0 Å². The summed E-state index contributed by atoms with van der Waals surface area (Å²) >= 11 is 0. The van der Waals surface area contributed by atoms with Crippen LogP contribution in [-0.4, -0.2) is 23.9 Å². The molecular weight excluding hydrogens is 285 g/mol. The molecule has 0 aliphatic rings. The minimum absolute atomic E-state index is 0.274. The minimum atomic E-state index is -4.69. The lowest BCUT2D eigenvalue weighted by Crippen LogP contribution is -2.52. The number of hydrogen-bond acceptors (Lipinski definition) is 3. The first kappa shape index (κ1) is 17.3. The van der Waals surface area contributed by atoms with Crippen LogP contribution in [0.1, 0.15) is 32.4 Å². The molecule has 3 N–H and O–H groups in total. The van der Waals surface area contributed by atoms with E-state index in [4.69, 9.17) is 10.5 Å². The predicted octanol–water partition coefficient (Wildman–Crippen LogP) is 3.14. The zero-order valence-electron chi connectivity index (χ0n) is 12.1. The molecule has 0 aromatic heterocycles. The Labute approximate surface area is 121 Å². The number of hydrogen-bond donors (Lipinski definition) is 2. The molecule has 4 nitrogen and oxygen atoms in total. The lowest BCUT2D eigenvalue weighted by atomic mass is 10.00. The number of benzene rings is 1.